The summed E-state index contributed by atoms with van der Waals surface area (Å²) in [6.07, 6.45) is 0. The molecule has 0 saturated heterocycles. The summed E-state index contributed by atoms with van der Waals surface area (Å²) >= 11 is 0. The van der Waals surface area contributed by atoms with Gasteiger partial charge in [-0.2, -0.15) is 0 Å². The molecule has 21 heavy (non-hydrogen) atoms. The van der Waals surface area contributed by atoms with Gasteiger partial charge in [-0.25, -0.2) is 0 Å². The Morgan fingerprint density at radius 2 is 1.95 bits per heavy atom. The van der Waals surface area contributed by atoms with E-state index in [4.69, 9.17) is 4.74 Å². The van der Waals surface area contributed by atoms with Crippen molar-refractivity contribution < 1.29 is 9.53 Å². The number of hydrogen-bond donors (Lipinski definition) is 1. The fraction of sp³-hybridized carbons (Fsp3) is 0.278. The van der Waals surface area contributed by atoms with Crippen LogP contribution < -0.4 is 5.32 Å². The third-order valence-electron chi connectivity index (χ3n) is 3.50. The van der Waals surface area contributed by atoms with Gasteiger partial charge in [-0.1, -0.05) is 36.4 Å². The number of nitrogens with one attached hydrogen (secondary N) is 1. The van der Waals surface area contributed by atoms with Crippen LogP contribution in [0.15, 0.2) is 48.5 Å². The second-order valence-electron chi connectivity index (χ2n) is 5.19. The number of ether oxygens (including phenoxy) is 1. The summed E-state index contributed by atoms with van der Waals surface area (Å²) in [5, 5.41) is 3.04. The van der Waals surface area contributed by atoms with E-state index in [1.54, 1.807) is 7.11 Å². The molecule has 2 aromatic carbocycles. The van der Waals surface area contributed by atoms with E-state index in [0.717, 1.165) is 11.1 Å². The van der Waals surface area contributed by atoms with Crippen molar-refractivity contribution in [1.82, 2.24) is 5.32 Å². The topological polar surface area (TPSA) is 38.3 Å². The van der Waals surface area contributed by atoms with Gasteiger partial charge in [-0.15, -0.1) is 0 Å². The maximum absolute atomic E-state index is 12.3. The molecule has 2 rings (SSSR count). The first-order valence-electron chi connectivity index (χ1n) is 7.06. The highest BCUT2D eigenvalue weighted by Crippen LogP contribution is 2.17. The Hall–Kier alpha value is -2.13. The third kappa shape index (κ3) is 3.92. The highest BCUT2D eigenvalue weighted by Gasteiger charge is 2.13. The van der Waals surface area contributed by atoms with E-state index in [1.807, 2.05) is 49.4 Å². The maximum atomic E-state index is 12.3. The minimum absolute atomic E-state index is 0.0234. The van der Waals surface area contributed by atoms with Crippen molar-refractivity contribution in [3.8, 4) is 0 Å². The zero-order valence-corrected chi connectivity index (χ0v) is 12.7. The molecule has 1 N–H and O–H groups in total. The van der Waals surface area contributed by atoms with Crippen LogP contribution in [0.4, 0.5) is 0 Å². The quantitative estimate of drug-likeness (QED) is 0.910. The minimum atomic E-state index is -0.0660. The van der Waals surface area contributed by atoms with E-state index < -0.39 is 0 Å². The Kier molecular flexibility index (Phi) is 5.12. The number of methoxy groups -OCH3 is 1. The lowest BCUT2D eigenvalue weighted by Gasteiger charge is -2.16. The normalized spacial score (nSPS) is 12.0. The third-order valence-corrected chi connectivity index (χ3v) is 3.50. The van der Waals surface area contributed by atoms with Gasteiger partial charge in [-0.3, -0.25) is 4.79 Å². The molecule has 3 heteroatoms. The largest absolute Gasteiger partial charge is 0.380 e. The number of hydrogen-bond acceptors (Lipinski definition) is 2. The van der Waals surface area contributed by atoms with Crippen molar-refractivity contribution in [2.75, 3.05) is 7.11 Å². The molecule has 0 saturated carbocycles. The molecule has 1 amide bonds. The molecule has 0 aliphatic rings. The van der Waals surface area contributed by atoms with Gasteiger partial charge in [0.2, 0.25) is 0 Å². The molecule has 0 bridgehead atoms. The van der Waals surface area contributed by atoms with Crippen LogP contribution in [0, 0.1) is 6.92 Å². The van der Waals surface area contributed by atoms with Crippen LogP contribution >= 0.6 is 0 Å². The predicted octanol–water partition coefficient (Wildman–Crippen LogP) is 3.63. The van der Waals surface area contributed by atoms with Crippen LogP contribution in [0.2, 0.25) is 0 Å². The SMILES string of the molecule is COCc1cccc(C(=O)NC(C)c2ccccc2C)c1. The number of benzene rings is 2. The second-order valence-corrected chi connectivity index (χ2v) is 5.19. The standard InChI is InChI=1S/C18H21NO2/c1-13-7-4-5-10-17(13)14(2)19-18(20)16-9-6-8-15(11-16)12-21-3/h4-11,14H,12H2,1-3H3,(H,19,20). The molecule has 0 radical (unpaired) electrons. The zero-order chi connectivity index (χ0) is 15.2. The molecular formula is C18H21NO2. The van der Waals surface area contributed by atoms with Gasteiger partial charge < -0.3 is 10.1 Å². The first-order chi connectivity index (χ1) is 10.1. The number of aryl methyl sites for hydroxylation is 1. The number of amides is 1. The first-order valence-corrected chi connectivity index (χ1v) is 7.06. The zero-order valence-electron chi connectivity index (χ0n) is 12.7. The molecule has 110 valence electrons. The van der Waals surface area contributed by atoms with Crippen LogP contribution in [0.5, 0.6) is 0 Å². The Balaban J connectivity index is 2.11. The van der Waals surface area contributed by atoms with Crippen LogP contribution in [0.25, 0.3) is 0 Å². The van der Waals surface area contributed by atoms with Crippen molar-refractivity contribution in [2.45, 2.75) is 26.5 Å². The minimum Gasteiger partial charge on any atom is -0.380 e. The molecule has 3 nitrogen and oxygen atoms in total. The monoisotopic (exact) mass is 283 g/mol. The number of carbonyl (C=O) groups excluding carboxylic acids is 1. The molecule has 0 aromatic heterocycles. The van der Waals surface area contributed by atoms with E-state index >= 15 is 0 Å². The predicted molar refractivity (Wildman–Crippen MR) is 84.2 cm³/mol. The van der Waals surface area contributed by atoms with Crippen LogP contribution in [-0.4, -0.2) is 13.0 Å². The Bertz CT molecular complexity index is 622. The summed E-state index contributed by atoms with van der Waals surface area (Å²) in [5.41, 5.74) is 3.97. The highest BCUT2D eigenvalue weighted by atomic mass is 16.5. The average Bonchev–Trinajstić information content (AvgIpc) is 2.48. The molecule has 0 fully saturated rings. The maximum Gasteiger partial charge on any atom is 0.251 e. The lowest BCUT2D eigenvalue weighted by Crippen LogP contribution is -2.27. The molecule has 0 aliphatic heterocycles. The molecule has 1 unspecified atom stereocenters. The van der Waals surface area contributed by atoms with E-state index in [-0.39, 0.29) is 11.9 Å². The fourth-order valence-electron chi connectivity index (χ4n) is 2.40. The van der Waals surface area contributed by atoms with Gasteiger partial charge in [0.15, 0.2) is 0 Å². The summed E-state index contributed by atoms with van der Waals surface area (Å²) in [6.45, 7) is 4.56. The molecule has 2 aromatic rings. The first kappa shape index (κ1) is 15.3. The molecular weight excluding hydrogens is 262 g/mol. The summed E-state index contributed by atoms with van der Waals surface area (Å²) in [7, 11) is 1.65. The van der Waals surface area contributed by atoms with Gasteiger partial charge >= 0.3 is 0 Å². The lowest BCUT2D eigenvalue weighted by atomic mass is 10.0. The van der Waals surface area contributed by atoms with Crippen molar-refractivity contribution in [3.63, 3.8) is 0 Å². The van der Waals surface area contributed by atoms with Crippen LogP contribution in [-0.2, 0) is 11.3 Å². The van der Waals surface area contributed by atoms with Gasteiger partial charge in [0.1, 0.15) is 0 Å². The van der Waals surface area contributed by atoms with Gasteiger partial charge in [0.05, 0.1) is 12.6 Å². The molecule has 0 spiro atoms. The smallest absolute Gasteiger partial charge is 0.251 e. The molecule has 0 heterocycles. The summed E-state index contributed by atoms with van der Waals surface area (Å²) in [5.74, 6) is -0.0660. The average molecular weight is 283 g/mol. The van der Waals surface area contributed by atoms with Crippen molar-refractivity contribution in [2.24, 2.45) is 0 Å². The Labute approximate surface area is 126 Å². The van der Waals surface area contributed by atoms with Crippen LogP contribution in [0.1, 0.15) is 40.0 Å². The van der Waals surface area contributed by atoms with Crippen molar-refractivity contribution in [1.29, 1.82) is 0 Å². The lowest BCUT2D eigenvalue weighted by molar-refractivity contribution is 0.0939. The van der Waals surface area contributed by atoms with Crippen LogP contribution in [0.3, 0.4) is 0 Å². The van der Waals surface area contributed by atoms with E-state index in [9.17, 15) is 4.79 Å². The van der Waals surface area contributed by atoms with E-state index in [0.29, 0.717) is 12.2 Å². The Morgan fingerprint density at radius 1 is 1.19 bits per heavy atom. The number of carbonyl (C=O) groups is 1. The second kappa shape index (κ2) is 7.04. The van der Waals surface area contributed by atoms with Crippen molar-refractivity contribution in [3.05, 3.63) is 70.8 Å². The molecule has 0 aliphatic carbocycles. The summed E-state index contributed by atoms with van der Waals surface area (Å²) in [6, 6.07) is 15.6. The Morgan fingerprint density at radius 3 is 2.67 bits per heavy atom. The van der Waals surface area contributed by atoms with E-state index in [1.165, 1.54) is 5.56 Å². The van der Waals surface area contributed by atoms with E-state index in [2.05, 4.69) is 18.3 Å². The fourth-order valence-corrected chi connectivity index (χ4v) is 2.40. The molecule has 1 atom stereocenters. The van der Waals surface area contributed by atoms with Crippen molar-refractivity contribution >= 4 is 5.91 Å². The van der Waals surface area contributed by atoms with Gasteiger partial charge in [0.25, 0.3) is 5.91 Å². The van der Waals surface area contributed by atoms with Gasteiger partial charge in [-0.05, 0) is 42.7 Å². The summed E-state index contributed by atoms with van der Waals surface area (Å²) in [4.78, 5) is 12.3. The van der Waals surface area contributed by atoms with Gasteiger partial charge in [0, 0.05) is 12.7 Å². The summed E-state index contributed by atoms with van der Waals surface area (Å²) < 4.78 is 5.10. The highest BCUT2D eigenvalue weighted by molar-refractivity contribution is 5.94. The number of rotatable bonds is 5.